The molecule has 0 bridgehead atoms. The Morgan fingerprint density at radius 2 is 2.43 bits per heavy atom. The third-order valence-corrected chi connectivity index (χ3v) is 2.14. The fourth-order valence-electron chi connectivity index (χ4n) is 1.34. The number of rotatable bonds is 5. The first-order valence-corrected chi connectivity index (χ1v) is 4.90. The van der Waals surface area contributed by atoms with Crippen LogP contribution in [0.3, 0.4) is 0 Å². The molecule has 0 amide bonds. The fourth-order valence-corrected chi connectivity index (χ4v) is 1.34. The van der Waals surface area contributed by atoms with Gasteiger partial charge in [-0.3, -0.25) is 9.48 Å². The van der Waals surface area contributed by atoms with E-state index in [4.69, 9.17) is 5.73 Å². The molecule has 1 aromatic rings. The van der Waals surface area contributed by atoms with Crippen LogP contribution in [-0.2, 0) is 18.3 Å². The van der Waals surface area contributed by atoms with Crippen molar-refractivity contribution < 1.29 is 4.79 Å². The number of aromatic nitrogens is 2. The summed E-state index contributed by atoms with van der Waals surface area (Å²) >= 11 is 0. The standard InChI is InChI=1S/C10H17N3O/c1-3-4-9(11)10(14)7-8-5-6-13(2)12-8/h5-6,9H,3-4,7,11H2,1-2H3. The van der Waals surface area contributed by atoms with E-state index in [-0.39, 0.29) is 11.8 Å². The van der Waals surface area contributed by atoms with Gasteiger partial charge in [-0.05, 0) is 12.5 Å². The minimum absolute atomic E-state index is 0.0746. The lowest BCUT2D eigenvalue weighted by Crippen LogP contribution is -2.31. The van der Waals surface area contributed by atoms with E-state index < -0.39 is 0 Å². The van der Waals surface area contributed by atoms with Crippen molar-refractivity contribution in [3.05, 3.63) is 18.0 Å². The summed E-state index contributed by atoms with van der Waals surface area (Å²) in [6.07, 6.45) is 3.87. The van der Waals surface area contributed by atoms with Crippen LogP contribution in [0.1, 0.15) is 25.5 Å². The maximum Gasteiger partial charge on any atom is 0.155 e. The zero-order valence-corrected chi connectivity index (χ0v) is 8.73. The van der Waals surface area contributed by atoms with Crippen LogP contribution in [0.4, 0.5) is 0 Å². The molecule has 0 aliphatic heterocycles. The zero-order valence-electron chi connectivity index (χ0n) is 8.73. The smallest absolute Gasteiger partial charge is 0.155 e. The number of Topliss-reactive ketones (excluding diaryl/α,β-unsaturated/α-hetero) is 1. The van der Waals surface area contributed by atoms with Crippen molar-refractivity contribution in [2.75, 3.05) is 0 Å². The highest BCUT2D eigenvalue weighted by atomic mass is 16.1. The van der Waals surface area contributed by atoms with Crippen LogP contribution in [0.15, 0.2) is 12.3 Å². The highest BCUT2D eigenvalue weighted by Gasteiger charge is 2.13. The molecule has 0 aliphatic carbocycles. The lowest BCUT2D eigenvalue weighted by molar-refractivity contribution is -0.119. The molecule has 1 rings (SSSR count). The van der Waals surface area contributed by atoms with Crippen molar-refractivity contribution in [3.8, 4) is 0 Å². The molecule has 0 saturated carbocycles. The average molecular weight is 195 g/mol. The van der Waals surface area contributed by atoms with Crippen molar-refractivity contribution in [1.82, 2.24) is 9.78 Å². The number of aryl methyl sites for hydroxylation is 1. The molecule has 0 saturated heterocycles. The molecule has 1 heterocycles. The van der Waals surface area contributed by atoms with Crippen LogP contribution in [0.2, 0.25) is 0 Å². The number of nitrogens with zero attached hydrogens (tertiary/aromatic N) is 2. The van der Waals surface area contributed by atoms with Crippen LogP contribution in [0, 0.1) is 0 Å². The van der Waals surface area contributed by atoms with Crippen molar-refractivity contribution in [1.29, 1.82) is 0 Å². The number of carbonyl (C=O) groups excluding carboxylic acids is 1. The van der Waals surface area contributed by atoms with Crippen molar-refractivity contribution in [2.24, 2.45) is 12.8 Å². The quantitative estimate of drug-likeness (QED) is 0.750. The van der Waals surface area contributed by atoms with Gasteiger partial charge < -0.3 is 5.73 Å². The first-order valence-electron chi connectivity index (χ1n) is 4.90. The Kier molecular flexibility index (Phi) is 3.83. The van der Waals surface area contributed by atoms with Gasteiger partial charge in [0.05, 0.1) is 18.2 Å². The molecular weight excluding hydrogens is 178 g/mol. The van der Waals surface area contributed by atoms with Crippen LogP contribution in [0.25, 0.3) is 0 Å². The van der Waals surface area contributed by atoms with Gasteiger partial charge in [-0.15, -0.1) is 0 Å². The predicted octanol–water partition coefficient (Wildman–Crippen LogP) is 0.659. The van der Waals surface area contributed by atoms with Gasteiger partial charge in [0.15, 0.2) is 5.78 Å². The Morgan fingerprint density at radius 3 is 2.93 bits per heavy atom. The molecular formula is C10H17N3O. The molecule has 14 heavy (non-hydrogen) atoms. The summed E-state index contributed by atoms with van der Waals surface area (Å²) in [4.78, 5) is 11.5. The molecule has 1 aromatic heterocycles. The molecule has 0 aromatic carbocycles. The van der Waals surface area contributed by atoms with Gasteiger partial charge in [0, 0.05) is 13.2 Å². The Hall–Kier alpha value is -1.16. The van der Waals surface area contributed by atoms with E-state index in [9.17, 15) is 4.79 Å². The van der Waals surface area contributed by atoms with Crippen LogP contribution in [-0.4, -0.2) is 21.6 Å². The van der Waals surface area contributed by atoms with Crippen LogP contribution in [0.5, 0.6) is 0 Å². The molecule has 78 valence electrons. The Labute approximate surface area is 84.1 Å². The second-order valence-electron chi connectivity index (χ2n) is 3.52. The summed E-state index contributed by atoms with van der Waals surface area (Å²) < 4.78 is 1.69. The maximum absolute atomic E-state index is 11.5. The molecule has 2 N–H and O–H groups in total. The molecule has 1 atom stereocenters. The molecule has 4 nitrogen and oxygen atoms in total. The predicted molar refractivity (Wildman–Crippen MR) is 54.8 cm³/mol. The Bertz CT molecular complexity index is 306. The summed E-state index contributed by atoms with van der Waals surface area (Å²) in [6.45, 7) is 2.02. The average Bonchev–Trinajstić information content (AvgIpc) is 2.51. The molecule has 0 fully saturated rings. The van der Waals surface area contributed by atoms with Gasteiger partial charge in [-0.1, -0.05) is 13.3 Å². The number of nitrogens with two attached hydrogens (primary N) is 1. The monoisotopic (exact) mass is 195 g/mol. The lowest BCUT2D eigenvalue weighted by atomic mass is 10.0. The lowest BCUT2D eigenvalue weighted by Gasteiger charge is -2.07. The molecule has 1 unspecified atom stereocenters. The minimum Gasteiger partial charge on any atom is -0.321 e. The van der Waals surface area contributed by atoms with E-state index in [2.05, 4.69) is 5.10 Å². The summed E-state index contributed by atoms with van der Waals surface area (Å²) in [5.41, 5.74) is 6.49. The van der Waals surface area contributed by atoms with E-state index in [0.717, 1.165) is 18.5 Å². The highest BCUT2D eigenvalue weighted by molar-refractivity contribution is 5.85. The number of carbonyl (C=O) groups is 1. The van der Waals surface area contributed by atoms with Crippen LogP contribution >= 0.6 is 0 Å². The van der Waals surface area contributed by atoms with Gasteiger partial charge in [0.25, 0.3) is 0 Å². The fraction of sp³-hybridized carbons (Fsp3) is 0.600. The topological polar surface area (TPSA) is 60.9 Å². The Morgan fingerprint density at radius 1 is 1.71 bits per heavy atom. The molecule has 4 heteroatoms. The van der Waals surface area contributed by atoms with E-state index in [1.165, 1.54) is 0 Å². The third kappa shape index (κ3) is 2.96. The maximum atomic E-state index is 11.5. The van der Waals surface area contributed by atoms with Crippen molar-refractivity contribution >= 4 is 5.78 Å². The largest absolute Gasteiger partial charge is 0.321 e. The normalized spacial score (nSPS) is 12.8. The van der Waals surface area contributed by atoms with Crippen molar-refractivity contribution in [2.45, 2.75) is 32.2 Å². The number of ketones is 1. The highest BCUT2D eigenvalue weighted by Crippen LogP contribution is 2.01. The number of hydrogen-bond acceptors (Lipinski definition) is 3. The van der Waals surface area contributed by atoms with Gasteiger partial charge in [-0.2, -0.15) is 5.10 Å². The Balaban J connectivity index is 2.48. The van der Waals surface area contributed by atoms with E-state index in [1.807, 2.05) is 26.2 Å². The van der Waals surface area contributed by atoms with Gasteiger partial charge in [0.2, 0.25) is 0 Å². The summed E-state index contributed by atoms with van der Waals surface area (Å²) in [5.74, 6) is 0.0746. The summed E-state index contributed by atoms with van der Waals surface area (Å²) in [5, 5.41) is 4.13. The van der Waals surface area contributed by atoms with Gasteiger partial charge in [-0.25, -0.2) is 0 Å². The number of hydrogen-bond donors (Lipinski definition) is 1. The molecule has 0 aliphatic rings. The molecule has 0 radical (unpaired) electrons. The first-order chi connectivity index (χ1) is 6.63. The minimum atomic E-state index is -0.331. The van der Waals surface area contributed by atoms with E-state index in [0.29, 0.717) is 6.42 Å². The van der Waals surface area contributed by atoms with Crippen LogP contribution < -0.4 is 5.73 Å². The van der Waals surface area contributed by atoms with E-state index in [1.54, 1.807) is 4.68 Å². The van der Waals surface area contributed by atoms with Gasteiger partial charge >= 0.3 is 0 Å². The second-order valence-corrected chi connectivity index (χ2v) is 3.52. The van der Waals surface area contributed by atoms with E-state index >= 15 is 0 Å². The summed E-state index contributed by atoms with van der Waals surface area (Å²) in [7, 11) is 1.83. The second kappa shape index (κ2) is 4.91. The van der Waals surface area contributed by atoms with Gasteiger partial charge in [0.1, 0.15) is 0 Å². The third-order valence-electron chi connectivity index (χ3n) is 2.14. The molecule has 0 spiro atoms. The van der Waals surface area contributed by atoms with Crippen molar-refractivity contribution in [3.63, 3.8) is 0 Å². The first kappa shape index (κ1) is 10.9. The summed E-state index contributed by atoms with van der Waals surface area (Å²) in [6, 6.07) is 1.51. The SMILES string of the molecule is CCCC(N)C(=O)Cc1ccn(C)n1. The zero-order chi connectivity index (χ0) is 10.6.